The fourth-order valence-corrected chi connectivity index (χ4v) is 2.54. The van der Waals surface area contributed by atoms with E-state index in [0.717, 1.165) is 24.2 Å². The van der Waals surface area contributed by atoms with E-state index in [-0.39, 0.29) is 12.0 Å². The summed E-state index contributed by atoms with van der Waals surface area (Å²) in [5.74, 6) is 7.91. The van der Waals surface area contributed by atoms with E-state index in [1.807, 2.05) is 6.92 Å². The smallest absolute Gasteiger partial charge is 0.222 e. The Bertz CT molecular complexity index is 440. The summed E-state index contributed by atoms with van der Waals surface area (Å²) in [6, 6.07) is 0. The summed E-state index contributed by atoms with van der Waals surface area (Å²) in [5.41, 5.74) is 3.54. The Labute approximate surface area is 121 Å². The van der Waals surface area contributed by atoms with Crippen LogP contribution < -0.4 is 16.0 Å². The van der Waals surface area contributed by atoms with Crippen molar-refractivity contribution in [3.05, 3.63) is 11.4 Å². The highest BCUT2D eigenvalue weighted by molar-refractivity contribution is 5.47. The van der Waals surface area contributed by atoms with Gasteiger partial charge in [0.1, 0.15) is 17.7 Å². The van der Waals surface area contributed by atoms with Gasteiger partial charge < -0.3 is 10.2 Å². The molecule has 1 aromatic rings. The largest absolute Gasteiger partial charge is 0.474 e. The first-order chi connectivity index (χ1) is 9.61. The molecular formula is C15H26N4O. The van der Waals surface area contributed by atoms with Crippen molar-refractivity contribution >= 4 is 5.82 Å². The highest BCUT2D eigenvalue weighted by Gasteiger charge is 2.19. The van der Waals surface area contributed by atoms with Crippen molar-refractivity contribution in [3.8, 4) is 5.88 Å². The van der Waals surface area contributed by atoms with Gasteiger partial charge in [0.2, 0.25) is 5.88 Å². The molecule has 1 aliphatic rings. The molecule has 1 heterocycles. The van der Waals surface area contributed by atoms with Gasteiger partial charge in [0.15, 0.2) is 0 Å². The number of nitrogens with two attached hydrogens (primary N) is 1. The molecule has 1 aromatic heterocycles. The number of anilines is 1. The van der Waals surface area contributed by atoms with Gasteiger partial charge in [0.05, 0.1) is 5.56 Å². The second-order valence-electron chi connectivity index (χ2n) is 5.89. The molecule has 0 bridgehead atoms. The van der Waals surface area contributed by atoms with Crippen LogP contribution in [0, 0.1) is 6.92 Å². The summed E-state index contributed by atoms with van der Waals surface area (Å²) in [5, 5.41) is 0. The van der Waals surface area contributed by atoms with E-state index in [0.29, 0.717) is 11.7 Å². The van der Waals surface area contributed by atoms with Gasteiger partial charge in [-0.05, 0) is 32.6 Å². The van der Waals surface area contributed by atoms with Crippen LogP contribution in [0.15, 0.2) is 0 Å². The van der Waals surface area contributed by atoms with Gasteiger partial charge in [-0.15, -0.1) is 0 Å². The number of aromatic nitrogens is 2. The average molecular weight is 278 g/mol. The molecule has 1 aliphatic carbocycles. The molecule has 0 atom stereocenters. The lowest BCUT2D eigenvalue weighted by Gasteiger charge is -2.20. The molecule has 2 rings (SSSR count). The van der Waals surface area contributed by atoms with Crippen LogP contribution in [0.2, 0.25) is 0 Å². The molecule has 5 nitrogen and oxygen atoms in total. The molecule has 3 N–H and O–H groups in total. The standard InChI is InChI=1S/C15H26N4O/c1-10(2)13-17-14(19-16)11(3)15(18-13)20-12-8-6-4-5-7-9-12/h10,12H,4-9,16H2,1-3H3,(H,17,18,19). The lowest BCUT2D eigenvalue weighted by Crippen LogP contribution is -2.19. The van der Waals surface area contributed by atoms with Gasteiger partial charge in [0, 0.05) is 5.92 Å². The van der Waals surface area contributed by atoms with Crippen molar-refractivity contribution in [3.63, 3.8) is 0 Å². The minimum Gasteiger partial charge on any atom is -0.474 e. The molecule has 1 saturated carbocycles. The number of nitrogen functional groups attached to an aromatic ring is 1. The summed E-state index contributed by atoms with van der Waals surface area (Å²) >= 11 is 0. The van der Waals surface area contributed by atoms with E-state index >= 15 is 0 Å². The summed E-state index contributed by atoms with van der Waals surface area (Å²) in [6.07, 6.45) is 7.63. The maximum absolute atomic E-state index is 6.15. The van der Waals surface area contributed by atoms with Crippen LogP contribution >= 0.6 is 0 Å². The van der Waals surface area contributed by atoms with Crippen LogP contribution in [0.25, 0.3) is 0 Å². The van der Waals surface area contributed by atoms with E-state index in [4.69, 9.17) is 10.6 Å². The van der Waals surface area contributed by atoms with Crippen LogP contribution in [0.3, 0.4) is 0 Å². The van der Waals surface area contributed by atoms with Crippen molar-refractivity contribution in [2.24, 2.45) is 5.84 Å². The lowest BCUT2D eigenvalue weighted by atomic mass is 10.1. The molecular weight excluding hydrogens is 252 g/mol. The molecule has 5 heteroatoms. The summed E-state index contributed by atoms with van der Waals surface area (Å²) in [6.45, 7) is 6.09. The number of hydrogen-bond donors (Lipinski definition) is 2. The number of ether oxygens (including phenoxy) is 1. The zero-order valence-electron chi connectivity index (χ0n) is 12.8. The normalized spacial score (nSPS) is 17.1. The van der Waals surface area contributed by atoms with Crippen LogP contribution in [-0.2, 0) is 0 Å². The first-order valence-electron chi connectivity index (χ1n) is 7.63. The van der Waals surface area contributed by atoms with Gasteiger partial charge in [-0.1, -0.05) is 26.7 Å². The molecule has 1 fully saturated rings. The van der Waals surface area contributed by atoms with E-state index in [9.17, 15) is 0 Å². The summed E-state index contributed by atoms with van der Waals surface area (Å²) < 4.78 is 6.15. The first-order valence-corrected chi connectivity index (χ1v) is 7.63. The lowest BCUT2D eigenvalue weighted by molar-refractivity contribution is 0.174. The molecule has 0 unspecified atom stereocenters. The number of hydrazine groups is 1. The number of nitrogens with one attached hydrogen (secondary N) is 1. The molecule has 0 radical (unpaired) electrons. The van der Waals surface area contributed by atoms with Crippen LogP contribution in [0.5, 0.6) is 5.88 Å². The SMILES string of the molecule is Cc1c(NN)nc(C(C)C)nc1OC1CCCCCC1. The Kier molecular flexibility index (Phi) is 5.17. The Morgan fingerprint density at radius 1 is 1.15 bits per heavy atom. The highest BCUT2D eigenvalue weighted by Crippen LogP contribution is 2.28. The van der Waals surface area contributed by atoms with E-state index in [1.165, 1.54) is 25.7 Å². The van der Waals surface area contributed by atoms with Gasteiger partial charge >= 0.3 is 0 Å². The molecule has 112 valence electrons. The fraction of sp³-hybridized carbons (Fsp3) is 0.733. The zero-order valence-corrected chi connectivity index (χ0v) is 12.8. The third-order valence-electron chi connectivity index (χ3n) is 3.85. The van der Waals surface area contributed by atoms with Crippen molar-refractivity contribution in [2.45, 2.75) is 71.3 Å². The zero-order chi connectivity index (χ0) is 14.5. The van der Waals surface area contributed by atoms with E-state index in [2.05, 4.69) is 29.2 Å². The topological polar surface area (TPSA) is 73.1 Å². The second-order valence-corrected chi connectivity index (χ2v) is 5.89. The molecule has 0 aliphatic heterocycles. The van der Waals surface area contributed by atoms with Gasteiger partial charge in [-0.2, -0.15) is 4.98 Å². The third-order valence-corrected chi connectivity index (χ3v) is 3.85. The molecule has 0 spiro atoms. The van der Waals surface area contributed by atoms with Crippen LogP contribution in [0.4, 0.5) is 5.82 Å². The van der Waals surface area contributed by atoms with E-state index in [1.54, 1.807) is 0 Å². The minimum atomic E-state index is 0.249. The Morgan fingerprint density at radius 2 is 1.80 bits per heavy atom. The van der Waals surface area contributed by atoms with Crippen molar-refractivity contribution in [1.82, 2.24) is 9.97 Å². The third kappa shape index (κ3) is 3.60. The number of nitrogens with zero attached hydrogens (tertiary/aromatic N) is 2. The first kappa shape index (κ1) is 15.0. The fourth-order valence-electron chi connectivity index (χ4n) is 2.54. The maximum Gasteiger partial charge on any atom is 0.222 e. The maximum atomic E-state index is 6.15. The van der Waals surface area contributed by atoms with Crippen LogP contribution in [-0.4, -0.2) is 16.1 Å². The molecule has 0 amide bonds. The van der Waals surface area contributed by atoms with Crippen molar-refractivity contribution < 1.29 is 4.74 Å². The average Bonchev–Trinajstić information content (AvgIpc) is 2.69. The quantitative estimate of drug-likeness (QED) is 0.502. The monoisotopic (exact) mass is 278 g/mol. The van der Waals surface area contributed by atoms with Crippen molar-refractivity contribution in [2.75, 3.05) is 5.43 Å². The Hall–Kier alpha value is -1.36. The Balaban J connectivity index is 2.22. The van der Waals surface area contributed by atoms with Gasteiger partial charge in [-0.25, -0.2) is 10.8 Å². The predicted molar refractivity (Wildman–Crippen MR) is 80.8 cm³/mol. The summed E-state index contributed by atoms with van der Waals surface area (Å²) in [7, 11) is 0. The van der Waals surface area contributed by atoms with Crippen LogP contribution in [0.1, 0.15) is 69.7 Å². The minimum absolute atomic E-state index is 0.249. The number of hydrogen-bond acceptors (Lipinski definition) is 5. The van der Waals surface area contributed by atoms with Gasteiger partial charge in [0.25, 0.3) is 0 Å². The molecule has 20 heavy (non-hydrogen) atoms. The second kappa shape index (κ2) is 6.88. The summed E-state index contributed by atoms with van der Waals surface area (Å²) in [4.78, 5) is 9.01. The highest BCUT2D eigenvalue weighted by atomic mass is 16.5. The van der Waals surface area contributed by atoms with Crippen molar-refractivity contribution in [1.29, 1.82) is 0 Å². The van der Waals surface area contributed by atoms with Gasteiger partial charge in [-0.3, -0.25) is 0 Å². The molecule has 0 aromatic carbocycles. The molecule has 0 saturated heterocycles. The Morgan fingerprint density at radius 3 is 2.35 bits per heavy atom. The number of rotatable bonds is 4. The predicted octanol–water partition coefficient (Wildman–Crippen LogP) is 3.30. The van der Waals surface area contributed by atoms with E-state index < -0.39 is 0 Å².